The quantitative estimate of drug-likeness (QED) is 0.186. The van der Waals surface area contributed by atoms with Crippen molar-refractivity contribution in [1.29, 1.82) is 0 Å². The van der Waals surface area contributed by atoms with Gasteiger partial charge < -0.3 is 29.3 Å². The Morgan fingerprint density at radius 3 is 2.48 bits per heavy atom. The van der Waals surface area contributed by atoms with Crippen LogP contribution in [0.4, 0.5) is 0 Å². The van der Waals surface area contributed by atoms with Crippen LogP contribution in [0.1, 0.15) is 18.9 Å². The van der Waals surface area contributed by atoms with Gasteiger partial charge in [0.2, 0.25) is 5.91 Å². The van der Waals surface area contributed by atoms with E-state index in [0.29, 0.717) is 6.61 Å². The molecular formula is C23H40IN5O4. The van der Waals surface area contributed by atoms with Gasteiger partial charge in [0.1, 0.15) is 18.0 Å². The van der Waals surface area contributed by atoms with Crippen molar-refractivity contribution in [3.63, 3.8) is 0 Å². The molecule has 188 valence electrons. The Morgan fingerprint density at radius 2 is 1.88 bits per heavy atom. The molecule has 9 nitrogen and oxygen atoms in total. The van der Waals surface area contributed by atoms with E-state index in [4.69, 9.17) is 14.2 Å². The second-order valence-electron chi connectivity index (χ2n) is 7.85. The molecule has 0 atom stereocenters. The summed E-state index contributed by atoms with van der Waals surface area (Å²) < 4.78 is 16.3. The van der Waals surface area contributed by atoms with Gasteiger partial charge in [0, 0.05) is 72.1 Å². The highest BCUT2D eigenvalue weighted by atomic mass is 127. The number of carbonyl (C=O) groups is 1. The second-order valence-corrected chi connectivity index (χ2v) is 7.85. The zero-order valence-corrected chi connectivity index (χ0v) is 23.0. The molecule has 2 rings (SSSR count). The fourth-order valence-corrected chi connectivity index (χ4v) is 3.43. The predicted molar refractivity (Wildman–Crippen MR) is 142 cm³/mol. The number of halogens is 1. The third-order valence-electron chi connectivity index (χ3n) is 5.37. The molecule has 1 aromatic rings. The maximum Gasteiger partial charge on any atom is 0.243 e. The van der Waals surface area contributed by atoms with Crippen molar-refractivity contribution < 1.29 is 19.0 Å². The van der Waals surface area contributed by atoms with Crippen LogP contribution in [0.2, 0.25) is 0 Å². The van der Waals surface area contributed by atoms with Crippen LogP contribution in [0, 0.1) is 0 Å². The number of guanidine groups is 1. The highest BCUT2D eigenvalue weighted by Crippen LogP contribution is 2.25. The summed E-state index contributed by atoms with van der Waals surface area (Å²) in [4.78, 5) is 22.8. The second kappa shape index (κ2) is 15.9. The van der Waals surface area contributed by atoms with Crippen LogP contribution in [0.15, 0.2) is 23.2 Å². The molecular weight excluding hydrogens is 537 g/mol. The van der Waals surface area contributed by atoms with Gasteiger partial charge in [-0.3, -0.25) is 9.69 Å². The third kappa shape index (κ3) is 9.93. The molecule has 0 radical (unpaired) electrons. The topological polar surface area (TPSA) is 78.9 Å². The summed E-state index contributed by atoms with van der Waals surface area (Å²) in [5, 5.41) is 3.41. The summed E-state index contributed by atoms with van der Waals surface area (Å²) in [5.74, 6) is 2.47. The number of rotatable bonds is 11. The van der Waals surface area contributed by atoms with Crippen molar-refractivity contribution in [1.82, 2.24) is 20.0 Å². The molecule has 1 aliphatic rings. The average Bonchev–Trinajstić information content (AvgIpc) is 2.81. The van der Waals surface area contributed by atoms with Crippen LogP contribution in [0.3, 0.4) is 0 Å². The number of aliphatic imine (C=N–C) groups is 1. The molecule has 0 spiro atoms. The first-order valence-electron chi connectivity index (χ1n) is 11.2. The Bertz CT molecular complexity index is 740. The van der Waals surface area contributed by atoms with Gasteiger partial charge in [-0.05, 0) is 31.5 Å². The van der Waals surface area contributed by atoms with Crippen molar-refractivity contribution in [2.45, 2.75) is 19.9 Å². The van der Waals surface area contributed by atoms with Gasteiger partial charge in [-0.15, -0.1) is 24.0 Å². The van der Waals surface area contributed by atoms with E-state index < -0.39 is 0 Å². The lowest BCUT2D eigenvalue weighted by Gasteiger charge is -2.36. The van der Waals surface area contributed by atoms with Crippen molar-refractivity contribution in [2.75, 3.05) is 80.8 Å². The SMILES string of the molecule is CCOCCCNC(=NCC(=O)N(C)C)N1CCN(Cc2cc(OC)ccc2OC)CC1.I. The van der Waals surface area contributed by atoms with Crippen LogP contribution >= 0.6 is 24.0 Å². The Hall–Kier alpha value is -1.79. The maximum atomic E-state index is 12.0. The summed E-state index contributed by atoms with van der Waals surface area (Å²) >= 11 is 0. The third-order valence-corrected chi connectivity index (χ3v) is 5.37. The molecule has 1 N–H and O–H groups in total. The van der Waals surface area contributed by atoms with E-state index in [1.807, 2.05) is 25.1 Å². The molecule has 1 saturated heterocycles. The number of likely N-dealkylation sites (N-methyl/N-ethyl adjacent to an activating group) is 1. The van der Waals surface area contributed by atoms with Gasteiger partial charge in [-0.25, -0.2) is 4.99 Å². The minimum Gasteiger partial charge on any atom is -0.497 e. The lowest BCUT2D eigenvalue weighted by molar-refractivity contribution is -0.127. The van der Waals surface area contributed by atoms with Crippen LogP contribution in [-0.2, 0) is 16.1 Å². The number of amides is 1. The normalized spacial score (nSPS) is 14.5. The Balaban J connectivity index is 0.00000544. The van der Waals surface area contributed by atoms with E-state index in [2.05, 4.69) is 20.1 Å². The first-order valence-corrected chi connectivity index (χ1v) is 11.2. The van der Waals surface area contributed by atoms with Crippen molar-refractivity contribution in [3.8, 4) is 11.5 Å². The zero-order chi connectivity index (χ0) is 23.3. The molecule has 1 aliphatic heterocycles. The molecule has 10 heteroatoms. The number of ether oxygens (including phenoxy) is 3. The summed E-state index contributed by atoms with van der Waals surface area (Å²) in [6.07, 6.45) is 0.893. The standard InChI is InChI=1S/C23H39N5O4.HI/c1-6-32-15-7-10-24-23(25-17-22(29)26(2)3)28-13-11-27(12-14-28)18-19-16-20(30-4)8-9-21(19)31-5;/h8-9,16H,6-7,10-15,17-18H2,1-5H3,(H,24,25);1H. The van der Waals surface area contributed by atoms with Crippen LogP contribution < -0.4 is 14.8 Å². The van der Waals surface area contributed by atoms with E-state index in [0.717, 1.165) is 75.3 Å². The highest BCUT2D eigenvalue weighted by Gasteiger charge is 2.21. The van der Waals surface area contributed by atoms with Gasteiger partial charge in [0.05, 0.1) is 14.2 Å². The zero-order valence-electron chi connectivity index (χ0n) is 20.6. The van der Waals surface area contributed by atoms with Crippen molar-refractivity contribution in [2.24, 2.45) is 4.99 Å². The molecule has 0 aliphatic carbocycles. The van der Waals surface area contributed by atoms with E-state index in [-0.39, 0.29) is 36.4 Å². The number of nitrogens with one attached hydrogen (secondary N) is 1. The summed E-state index contributed by atoms with van der Waals surface area (Å²) in [7, 11) is 6.86. The number of hydrogen-bond acceptors (Lipinski definition) is 6. The first-order chi connectivity index (χ1) is 15.5. The predicted octanol–water partition coefficient (Wildman–Crippen LogP) is 1.90. The lowest BCUT2D eigenvalue weighted by Crippen LogP contribution is -2.52. The lowest BCUT2D eigenvalue weighted by atomic mass is 10.1. The largest absolute Gasteiger partial charge is 0.497 e. The molecule has 1 fully saturated rings. The van der Waals surface area contributed by atoms with Gasteiger partial charge in [0.15, 0.2) is 5.96 Å². The maximum absolute atomic E-state index is 12.0. The molecule has 0 aromatic heterocycles. The van der Waals surface area contributed by atoms with E-state index >= 15 is 0 Å². The summed E-state index contributed by atoms with van der Waals surface area (Å²) in [6.45, 7) is 8.57. The average molecular weight is 578 g/mol. The Morgan fingerprint density at radius 1 is 1.15 bits per heavy atom. The number of nitrogens with zero attached hydrogens (tertiary/aromatic N) is 4. The monoisotopic (exact) mass is 577 g/mol. The summed E-state index contributed by atoms with van der Waals surface area (Å²) in [6, 6.07) is 5.89. The molecule has 1 amide bonds. The van der Waals surface area contributed by atoms with Gasteiger partial charge in [0.25, 0.3) is 0 Å². The minimum absolute atomic E-state index is 0. The number of methoxy groups -OCH3 is 2. The first kappa shape index (κ1) is 29.2. The van der Waals surface area contributed by atoms with E-state index in [1.165, 1.54) is 0 Å². The number of hydrogen-bond donors (Lipinski definition) is 1. The molecule has 0 unspecified atom stereocenters. The number of benzene rings is 1. The smallest absolute Gasteiger partial charge is 0.243 e. The van der Waals surface area contributed by atoms with Gasteiger partial charge in [-0.2, -0.15) is 0 Å². The highest BCUT2D eigenvalue weighted by molar-refractivity contribution is 14.0. The van der Waals surface area contributed by atoms with Gasteiger partial charge in [-0.1, -0.05) is 0 Å². The molecule has 0 bridgehead atoms. The van der Waals surface area contributed by atoms with Gasteiger partial charge >= 0.3 is 0 Å². The van der Waals surface area contributed by atoms with Crippen molar-refractivity contribution >= 4 is 35.8 Å². The van der Waals surface area contributed by atoms with E-state index in [9.17, 15) is 4.79 Å². The molecule has 1 heterocycles. The van der Waals surface area contributed by atoms with Crippen molar-refractivity contribution in [3.05, 3.63) is 23.8 Å². The fraction of sp³-hybridized carbons (Fsp3) is 0.652. The Labute approximate surface area is 215 Å². The number of carbonyl (C=O) groups excluding carboxylic acids is 1. The van der Waals surface area contributed by atoms with E-state index in [1.54, 1.807) is 33.2 Å². The molecule has 0 saturated carbocycles. The minimum atomic E-state index is -0.0117. The van der Waals surface area contributed by atoms with Crippen LogP contribution in [-0.4, -0.2) is 107 Å². The van der Waals surface area contributed by atoms with Crippen LogP contribution in [0.25, 0.3) is 0 Å². The summed E-state index contributed by atoms with van der Waals surface area (Å²) in [5.41, 5.74) is 1.11. The van der Waals surface area contributed by atoms with Crippen LogP contribution in [0.5, 0.6) is 11.5 Å². The fourth-order valence-electron chi connectivity index (χ4n) is 3.43. The number of piperazine rings is 1. The molecule has 1 aromatic carbocycles. The Kier molecular flexibility index (Phi) is 14.1. The molecule has 33 heavy (non-hydrogen) atoms.